The van der Waals surface area contributed by atoms with Crippen molar-refractivity contribution in [1.82, 2.24) is 9.97 Å². The quantitative estimate of drug-likeness (QED) is 0.747. The summed E-state index contributed by atoms with van der Waals surface area (Å²) in [5, 5.41) is 0. The van der Waals surface area contributed by atoms with Crippen LogP contribution in [0, 0.1) is 11.8 Å². The molecule has 1 N–H and O–H groups in total. The van der Waals surface area contributed by atoms with E-state index in [2.05, 4.69) is 21.8 Å². The molecule has 4 heteroatoms. The summed E-state index contributed by atoms with van der Waals surface area (Å²) in [5.41, 5.74) is 3.56. The Morgan fingerprint density at radius 3 is 2.76 bits per heavy atom. The summed E-state index contributed by atoms with van der Waals surface area (Å²) >= 11 is 0. The number of fused-ring (bicyclic) bond motifs is 1. The number of alkyl halides is 1. The van der Waals surface area contributed by atoms with Crippen molar-refractivity contribution in [2.45, 2.75) is 0 Å². The van der Waals surface area contributed by atoms with Crippen molar-refractivity contribution in [1.29, 1.82) is 0 Å². The van der Waals surface area contributed by atoms with Crippen LogP contribution in [0.15, 0.2) is 48.7 Å². The number of halogens is 1. The lowest BCUT2D eigenvalue weighted by Gasteiger charge is -2.02. The van der Waals surface area contributed by atoms with E-state index < -0.39 is 6.67 Å². The average Bonchev–Trinajstić information content (AvgIpc) is 2.95. The number of hydrogen-bond acceptors (Lipinski definition) is 2. The molecule has 0 saturated heterocycles. The van der Waals surface area contributed by atoms with Crippen molar-refractivity contribution in [3.8, 4) is 17.6 Å². The number of hydrogen-bond donors (Lipinski definition) is 1. The predicted octanol–water partition coefficient (Wildman–Crippen LogP) is 3.31. The van der Waals surface area contributed by atoms with E-state index >= 15 is 0 Å². The van der Waals surface area contributed by atoms with Crippen LogP contribution in [0.25, 0.3) is 11.0 Å². The lowest BCUT2D eigenvalue weighted by Crippen LogP contribution is -1.98. The summed E-state index contributed by atoms with van der Waals surface area (Å²) in [7, 11) is 0. The molecule has 0 spiro atoms. The maximum atomic E-state index is 12.0. The fourth-order valence-corrected chi connectivity index (χ4v) is 1.95. The molecule has 0 aliphatic carbocycles. The number of rotatable bonds is 3. The van der Waals surface area contributed by atoms with Crippen LogP contribution in [0.4, 0.5) is 4.39 Å². The van der Waals surface area contributed by atoms with E-state index in [1.807, 2.05) is 30.3 Å². The minimum absolute atomic E-state index is 0.0765. The maximum Gasteiger partial charge on any atom is 0.123 e. The highest BCUT2D eigenvalue weighted by molar-refractivity contribution is 5.76. The van der Waals surface area contributed by atoms with Gasteiger partial charge in [-0.3, -0.25) is 4.98 Å². The molecule has 1 aromatic carbocycles. The lowest BCUT2D eigenvalue weighted by molar-refractivity contribution is 0.273. The average molecular weight is 280 g/mol. The summed E-state index contributed by atoms with van der Waals surface area (Å²) < 4.78 is 17.2. The summed E-state index contributed by atoms with van der Waals surface area (Å²) in [5.74, 6) is 6.78. The van der Waals surface area contributed by atoms with Crippen LogP contribution in [0.3, 0.4) is 0 Å². The van der Waals surface area contributed by atoms with Gasteiger partial charge in [-0.05, 0) is 48.4 Å². The van der Waals surface area contributed by atoms with Gasteiger partial charge in [0.15, 0.2) is 0 Å². The third kappa shape index (κ3) is 3.21. The van der Waals surface area contributed by atoms with Crippen LogP contribution in [0.5, 0.6) is 5.75 Å². The number of nitrogens with zero attached hydrogens (tertiary/aromatic N) is 1. The van der Waals surface area contributed by atoms with Gasteiger partial charge in [0.1, 0.15) is 19.0 Å². The molecule has 0 saturated carbocycles. The van der Waals surface area contributed by atoms with E-state index in [1.165, 1.54) is 0 Å². The zero-order valence-electron chi connectivity index (χ0n) is 11.3. The van der Waals surface area contributed by atoms with Gasteiger partial charge in [-0.1, -0.05) is 5.92 Å². The number of benzene rings is 1. The van der Waals surface area contributed by atoms with Crippen molar-refractivity contribution in [2.75, 3.05) is 13.3 Å². The first-order chi connectivity index (χ1) is 10.3. The first kappa shape index (κ1) is 13.2. The zero-order valence-corrected chi connectivity index (χ0v) is 11.3. The van der Waals surface area contributed by atoms with Crippen LogP contribution in [-0.2, 0) is 0 Å². The third-order valence-corrected chi connectivity index (χ3v) is 2.93. The number of H-pyrrole nitrogens is 1. The van der Waals surface area contributed by atoms with Gasteiger partial charge in [-0.25, -0.2) is 4.39 Å². The number of aromatic amines is 1. The maximum absolute atomic E-state index is 12.0. The normalized spacial score (nSPS) is 10.1. The Morgan fingerprint density at radius 2 is 2.00 bits per heavy atom. The molecule has 21 heavy (non-hydrogen) atoms. The topological polar surface area (TPSA) is 37.9 Å². The van der Waals surface area contributed by atoms with E-state index in [1.54, 1.807) is 18.3 Å². The van der Waals surface area contributed by atoms with Gasteiger partial charge in [0.2, 0.25) is 0 Å². The molecule has 0 aliphatic heterocycles. The first-order valence-electron chi connectivity index (χ1n) is 6.60. The minimum atomic E-state index is -0.490. The Morgan fingerprint density at radius 1 is 1.14 bits per heavy atom. The Hall–Kier alpha value is -2.80. The second kappa shape index (κ2) is 6.10. The van der Waals surface area contributed by atoms with Crippen molar-refractivity contribution in [2.24, 2.45) is 0 Å². The molecule has 0 aliphatic rings. The largest absolute Gasteiger partial charge is 0.491 e. The predicted molar refractivity (Wildman–Crippen MR) is 80.0 cm³/mol. The molecule has 3 rings (SSSR count). The van der Waals surface area contributed by atoms with Crippen LogP contribution >= 0.6 is 0 Å². The molecule has 0 bridgehead atoms. The number of ether oxygens (including phenoxy) is 1. The summed E-state index contributed by atoms with van der Waals surface area (Å²) in [6.45, 7) is -0.414. The third-order valence-electron chi connectivity index (χ3n) is 2.93. The first-order valence-corrected chi connectivity index (χ1v) is 6.60. The van der Waals surface area contributed by atoms with E-state index in [4.69, 9.17) is 4.74 Å². The van der Waals surface area contributed by atoms with Crippen LogP contribution in [0.2, 0.25) is 0 Å². The molecule has 3 aromatic rings. The van der Waals surface area contributed by atoms with Crippen molar-refractivity contribution < 1.29 is 9.13 Å². The standard InChI is InChI=1S/C17H13FN2O/c18-9-11-21-15-7-4-13(5-8-15)3-6-14-12-17-16(20-14)2-1-10-19-17/h1-2,4-5,7-8,10,12,20H,9,11H2. The van der Waals surface area contributed by atoms with Crippen molar-refractivity contribution in [3.05, 3.63) is 59.9 Å². The van der Waals surface area contributed by atoms with E-state index in [0.29, 0.717) is 5.75 Å². The van der Waals surface area contributed by atoms with Crippen LogP contribution in [-0.4, -0.2) is 23.2 Å². The van der Waals surface area contributed by atoms with Crippen molar-refractivity contribution in [3.63, 3.8) is 0 Å². The van der Waals surface area contributed by atoms with Gasteiger partial charge in [0.25, 0.3) is 0 Å². The monoisotopic (exact) mass is 280 g/mol. The Balaban J connectivity index is 1.77. The molecule has 0 fully saturated rings. The van der Waals surface area contributed by atoms with Gasteiger partial charge in [-0.2, -0.15) is 0 Å². The van der Waals surface area contributed by atoms with Crippen LogP contribution < -0.4 is 4.74 Å². The van der Waals surface area contributed by atoms with Gasteiger partial charge < -0.3 is 9.72 Å². The molecule has 2 heterocycles. The number of aromatic nitrogens is 2. The summed E-state index contributed by atoms with van der Waals surface area (Å²) in [6, 6.07) is 13.0. The molecular weight excluding hydrogens is 267 g/mol. The molecule has 104 valence electrons. The molecular formula is C17H13FN2O. The molecule has 0 amide bonds. The fraction of sp³-hybridized carbons (Fsp3) is 0.118. The summed E-state index contributed by atoms with van der Waals surface area (Å²) in [6.07, 6.45) is 1.75. The Kier molecular flexibility index (Phi) is 3.83. The van der Waals surface area contributed by atoms with E-state index in [0.717, 1.165) is 22.3 Å². The van der Waals surface area contributed by atoms with E-state index in [9.17, 15) is 4.39 Å². The highest BCUT2D eigenvalue weighted by atomic mass is 19.1. The molecule has 0 atom stereocenters. The molecule has 0 radical (unpaired) electrons. The SMILES string of the molecule is FCCOc1ccc(C#Cc2cc3ncccc3[nH]2)cc1. The minimum Gasteiger partial charge on any atom is -0.491 e. The lowest BCUT2D eigenvalue weighted by atomic mass is 10.2. The molecule has 0 unspecified atom stereocenters. The Labute approximate surface area is 121 Å². The van der Waals surface area contributed by atoms with Gasteiger partial charge >= 0.3 is 0 Å². The smallest absolute Gasteiger partial charge is 0.123 e. The van der Waals surface area contributed by atoms with E-state index in [-0.39, 0.29) is 6.61 Å². The van der Waals surface area contributed by atoms with Gasteiger partial charge in [0.05, 0.1) is 16.7 Å². The second-order valence-electron chi connectivity index (χ2n) is 4.43. The van der Waals surface area contributed by atoms with Gasteiger partial charge in [-0.15, -0.1) is 0 Å². The second-order valence-corrected chi connectivity index (χ2v) is 4.43. The van der Waals surface area contributed by atoms with Crippen molar-refractivity contribution >= 4 is 11.0 Å². The van der Waals surface area contributed by atoms with Crippen LogP contribution in [0.1, 0.15) is 11.3 Å². The fourth-order valence-electron chi connectivity index (χ4n) is 1.95. The molecule has 3 nitrogen and oxygen atoms in total. The number of nitrogens with one attached hydrogen (secondary N) is 1. The highest BCUT2D eigenvalue weighted by Gasteiger charge is 1.98. The zero-order chi connectivity index (χ0) is 14.5. The number of pyridine rings is 1. The Bertz CT molecular complexity index is 764. The molecule has 2 aromatic heterocycles. The van der Waals surface area contributed by atoms with Gasteiger partial charge in [0, 0.05) is 11.8 Å². The highest BCUT2D eigenvalue weighted by Crippen LogP contribution is 2.13. The summed E-state index contributed by atoms with van der Waals surface area (Å²) in [4.78, 5) is 7.45.